The number of nitriles is 1. The van der Waals surface area contributed by atoms with Gasteiger partial charge in [0.1, 0.15) is 11.9 Å². The average molecular weight is 267 g/mol. The lowest BCUT2D eigenvalue weighted by Gasteiger charge is -2.54. The summed E-state index contributed by atoms with van der Waals surface area (Å²) >= 11 is 0. The molecule has 20 heavy (non-hydrogen) atoms. The van der Waals surface area contributed by atoms with Crippen LogP contribution in [0.1, 0.15) is 54.8 Å². The van der Waals surface area contributed by atoms with Crippen LogP contribution in [0.4, 0.5) is 5.82 Å². The Morgan fingerprint density at radius 1 is 1.15 bits per heavy atom. The van der Waals surface area contributed by atoms with E-state index < -0.39 is 0 Å². The lowest BCUT2D eigenvalue weighted by Crippen LogP contribution is -2.44. The van der Waals surface area contributed by atoms with Crippen molar-refractivity contribution in [3.63, 3.8) is 0 Å². The Morgan fingerprint density at radius 2 is 1.75 bits per heavy atom. The molecule has 0 saturated heterocycles. The van der Waals surface area contributed by atoms with Crippen molar-refractivity contribution in [2.24, 2.45) is 23.7 Å². The summed E-state index contributed by atoms with van der Waals surface area (Å²) in [6, 6.07) is 4.30. The zero-order valence-electron chi connectivity index (χ0n) is 12.0. The largest absolute Gasteiger partial charge is 0.383 e. The number of hydrogen-bond acceptors (Lipinski definition) is 3. The smallest absolute Gasteiger partial charge is 0.141 e. The standard InChI is InChI=1S/C17H21N3/c1-9-2-15(20-17(19)14(9)8-18)16-12-4-10-3-11(6-12)7-13(16)5-10/h2,10-13,16H,3-7H2,1H3,(H2,19,20). The highest BCUT2D eigenvalue weighted by Gasteiger charge is 2.49. The number of pyridine rings is 1. The van der Waals surface area contributed by atoms with Gasteiger partial charge in [0.25, 0.3) is 0 Å². The van der Waals surface area contributed by atoms with Gasteiger partial charge in [0.05, 0.1) is 5.56 Å². The molecular weight excluding hydrogens is 246 g/mol. The lowest BCUT2D eigenvalue weighted by molar-refractivity contribution is -0.00411. The second kappa shape index (κ2) is 4.22. The molecule has 0 unspecified atom stereocenters. The Kier molecular flexibility index (Phi) is 2.57. The molecule has 0 atom stereocenters. The number of aryl methyl sites for hydroxylation is 1. The van der Waals surface area contributed by atoms with Gasteiger partial charge in [-0.2, -0.15) is 5.26 Å². The fourth-order valence-corrected chi connectivity index (χ4v) is 5.45. The monoisotopic (exact) mass is 267 g/mol. The molecule has 3 heteroatoms. The highest BCUT2D eigenvalue weighted by molar-refractivity contribution is 5.53. The van der Waals surface area contributed by atoms with Crippen LogP contribution in [0, 0.1) is 41.9 Å². The van der Waals surface area contributed by atoms with Crippen LogP contribution in [0.3, 0.4) is 0 Å². The van der Waals surface area contributed by atoms with Crippen molar-refractivity contribution < 1.29 is 0 Å². The molecule has 1 aromatic heterocycles. The fourth-order valence-electron chi connectivity index (χ4n) is 5.45. The summed E-state index contributed by atoms with van der Waals surface area (Å²) in [5.74, 6) is 4.60. The number of nitrogens with zero attached hydrogens (tertiary/aromatic N) is 2. The summed E-state index contributed by atoms with van der Waals surface area (Å²) in [6.07, 6.45) is 7.02. The van der Waals surface area contributed by atoms with E-state index in [-0.39, 0.29) is 0 Å². The predicted molar refractivity (Wildman–Crippen MR) is 77.9 cm³/mol. The third kappa shape index (κ3) is 1.67. The van der Waals surface area contributed by atoms with Crippen molar-refractivity contribution in [2.45, 2.75) is 44.9 Å². The number of aromatic nitrogens is 1. The van der Waals surface area contributed by atoms with Crippen molar-refractivity contribution in [1.29, 1.82) is 5.26 Å². The van der Waals surface area contributed by atoms with E-state index >= 15 is 0 Å². The van der Waals surface area contributed by atoms with Gasteiger partial charge in [0.15, 0.2) is 0 Å². The molecule has 104 valence electrons. The summed E-state index contributed by atoms with van der Waals surface area (Å²) in [7, 11) is 0. The van der Waals surface area contributed by atoms with Gasteiger partial charge < -0.3 is 5.73 Å². The second-order valence-electron chi connectivity index (χ2n) is 7.19. The van der Waals surface area contributed by atoms with E-state index in [2.05, 4.69) is 17.1 Å². The molecule has 0 aromatic carbocycles. The highest BCUT2D eigenvalue weighted by atomic mass is 14.9. The molecular formula is C17H21N3. The summed E-state index contributed by atoms with van der Waals surface area (Å²) in [5, 5.41) is 9.13. The summed E-state index contributed by atoms with van der Waals surface area (Å²) in [4.78, 5) is 4.61. The first kappa shape index (κ1) is 12.2. The Balaban J connectivity index is 1.73. The zero-order chi connectivity index (χ0) is 13.9. The van der Waals surface area contributed by atoms with Gasteiger partial charge in [-0.15, -0.1) is 0 Å². The molecule has 4 aliphatic rings. The summed E-state index contributed by atoms with van der Waals surface area (Å²) < 4.78 is 0. The molecule has 4 aliphatic carbocycles. The minimum absolute atomic E-state index is 0.427. The van der Waals surface area contributed by atoms with Gasteiger partial charge in [0, 0.05) is 11.6 Å². The molecule has 1 aromatic rings. The van der Waals surface area contributed by atoms with Crippen molar-refractivity contribution >= 4 is 5.82 Å². The molecule has 4 fully saturated rings. The van der Waals surface area contributed by atoms with Crippen molar-refractivity contribution in [2.75, 3.05) is 5.73 Å². The van der Waals surface area contributed by atoms with E-state index in [0.717, 1.165) is 34.9 Å². The molecule has 2 N–H and O–H groups in total. The Hall–Kier alpha value is -1.56. The Bertz CT molecular complexity index is 548. The predicted octanol–water partition coefficient (Wildman–Crippen LogP) is 3.38. The van der Waals surface area contributed by atoms with Gasteiger partial charge in [-0.25, -0.2) is 4.98 Å². The first-order valence-corrected chi connectivity index (χ1v) is 7.82. The zero-order valence-corrected chi connectivity index (χ0v) is 12.0. The highest BCUT2D eigenvalue weighted by Crippen LogP contribution is 2.59. The topological polar surface area (TPSA) is 62.7 Å². The molecule has 4 saturated carbocycles. The van der Waals surface area contributed by atoms with Crippen LogP contribution < -0.4 is 5.73 Å². The van der Waals surface area contributed by atoms with Gasteiger partial charge in [-0.1, -0.05) is 0 Å². The SMILES string of the molecule is Cc1cc(C2C3CC4CC(C3)CC2C4)nc(N)c1C#N. The number of rotatable bonds is 1. The fraction of sp³-hybridized carbons (Fsp3) is 0.647. The number of hydrogen-bond donors (Lipinski definition) is 1. The van der Waals surface area contributed by atoms with Gasteiger partial charge in [0.2, 0.25) is 0 Å². The van der Waals surface area contributed by atoms with Crippen LogP contribution in [0.15, 0.2) is 6.07 Å². The van der Waals surface area contributed by atoms with Crippen LogP contribution in [0.25, 0.3) is 0 Å². The van der Waals surface area contributed by atoms with E-state index in [9.17, 15) is 0 Å². The molecule has 0 amide bonds. The van der Waals surface area contributed by atoms with Gasteiger partial charge in [-0.05, 0) is 74.3 Å². The van der Waals surface area contributed by atoms with Crippen LogP contribution in [-0.2, 0) is 0 Å². The number of anilines is 1. The molecule has 3 nitrogen and oxygen atoms in total. The summed E-state index contributed by atoms with van der Waals surface area (Å²) in [6.45, 7) is 1.98. The molecule has 0 spiro atoms. The maximum Gasteiger partial charge on any atom is 0.141 e. The van der Waals surface area contributed by atoms with E-state index in [1.807, 2.05) is 6.92 Å². The maximum atomic E-state index is 9.13. The molecule has 0 aliphatic heterocycles. The quantitative estimate of drug-likeness (QED) is 0.848. The Morgan fingerprint density at radius 3 is 2.25 bits per heavy atom. The Labute approximate surface area is 120 Å². The number of nitrogen functional groups attached to an aromatic ring is 1. The van der Waals surface area contributed by atoms with Crippen LogP contribution in [-0.4, -0.2) is 4.98 Å². The van der Waals surface area contributed by atoms with E-state index in [4.69, 9.17) is 11.0 Å². The number of nitrogens with two attached hydrogens (primary N) is 1. The third-order valence-electron chi connectivity index (χ3n) is 5.94. The third-order valence-corrected chi connectivity index (χ3v) is 5.94. The molecule has 1 heterocycles. The lowest BCUT2D eigenvalue weighted by atomic mass is 9.51. The molecule has 0 radical (unpaired) electrons. The van der Waals surface area contributed by atoms with Crippen LogP contribution in [0.5, 0.6) is 0 Å². The van der Waals surface area contributed by atoms with Crippen molar-refractivity contribution in [1.82, 2.24) is 4.98 Å². The van der Waals surface area contributed by atoms with Crippen molar-refractivity contribution in [3.8, 4) is 6.07 Å². The van der Waals surface area contributed by atoms with E-state index in [0.29, 0.717) is 17.3 Å². The average Bonchev–Trinajstić information content (AvgIpc) is 2.37. The second-order valence-corrected chi connectivity index (χ2v) is 7.19. The normalized spacial score (nSPS) is 37.9. The van der Waals surface area contributed by atoms with Crippen molar-refractivity contribution in [3.05, 3.63) is 22.9 Å². The minimum atomic E-state index is 0.427. The van der Waals surface area contributed by atoms with E-state index in [1.165, 1.54) is 32.1 Å². The minimum Gasteiger partial charge on any atom is -0.383 e. The molecule has 5 rings (SSSR count). The maximum absolute atomic E-state index is 9.13. The van der Waals surface area contributed by atoms with Crippen LogP contribution in [0.2, 0.25) is 0 Å². The van der Waals surface area contributed by atoms with Gasteiger partial charge in [-0.3, -0.25) is 0 Å². The van der Waals surface area contributed by atoms with Crippen LogP contribution >= 0.6 is 0 Å². The summed E-state index contributed by atoms with van der Waals surface area (Å²) in [5.41, 5.74) is 8.70. The first-order chi connectivity index (χ1) is 9.65. The molecule has 4 bridgehead atoms. The van der Waals surface area contributed by atoms with Gasteiger partial charge >= 0.3 is 0 Å². The van der Waals surface area contributed by atoms with E-state index in [1.54, 1.807) is 0 Å². The first-order valence-electron chi connectivity index (χ1n) is 7.82.